The summed E-state index contributed by atoms with van der Waals surface area (Å²) in [7, 11) is 0. The second-order valence-corrected chi connectivity index (χ2v) is 8.12. The molecule has 30 heavy (non-hydrogen) atoms. The number of hydrogen-bond acceptors (Lipinski definition) is 5. The summed E-state index contributed by atoms with van der Waals surface area (Å²) in [5.74, 6) is -4.52. The highest BCUT2D eigenvalue weighted by molar-refractivity contribution is 5.84. The SMILES string of the molecule is CCc1c(F)cccc1C1C(C)(C(=O)O)C(C)NC(COC(C)=O)C1(CC)C(=O)O. The standard InChI is InChI=1S/C22H30FNO6/c1-6-14-15(9-8-10-16(14)23)18-21(5,19(26)27)12(3)24-17(11-30-13(4)25)22(18,7-2)20(28)29/h8-10,12,17-18,24H,6-7,11H2,1-5H3,(H,26,27)(H,28,29). The third kappa shape index (κ3) is 3.57. The van der Waals surface area contributed by atoms with Gasteiger partial charge in [-0.25, -0.2) is 4.39 Å². The Hall–Kier alpha value is -2.48. The second kappa shape index (κ2) is 8.71. The maximum absolute atomic E-state index is 14.7. The Labute approximate surface area is 175 Å². The van der Waals surface area contributed by atoms with Gasteiger partial charge in [-0.05, 0) is 43.9 Å². The molecule has 0 spiro atoms. The van der Waals surface area contributed by atoms with Crippen LogP contribution in [0.3, 0.4) is 0 Å². The summed E-state index contributed by atoms with van der Waals surface area (Å²) in [4.78, 5) is 36.8. The quantitative estimate of drug-likeness (QED) is 0.578. The van der Waals surface area contributed by atoms with Crippen molar-refractivity contribution in [1.82, 2.24) is 5.32 Å². The van der Waals surface area contributed by atoms with Crippen molar-refractivity contribution in [2.24, 2.45) is 10.8 Å². The zero-order chi connectivity index (χ0) is 22.9. The van der Waals surface area contributed by atoms with Gasteiger partial charge in [-0.2, -0.15) is 0 Å². The van der Waals surface area contributed by atoms with Crippen LogP contribution in [-0.4, -0.2) is 46.8 Å². The first-order chi connectivity index (χ1) is 14.0. The average Bonchev–Trinajstić information content (AvgIpc) is 2.67. The Kier molecular flexibility index (Phi) is 6.91. The molecule has 1 aliphatic heterocycles. The summed E-state index contributed by atoms with van der Waals surface area (Å²) >= 11 is 0. The number of carboxylic acid groups (broad SMARTS) is 2. The van der Waals surface area contributed by atoms with Gasteiger partial charge in [0.15, 0.2) is 0 Å². The molecule has 0 saturated carbocycles. The second-order valence-electron chi connectivity index (χ2n) is 8.12. The Morgan fingerprint density at radius 3 is 2.30 bits per heavy atom. The van der Waals surface area contributed by atoms with Crippen molar-refractivity contribution in [3.63, 3.8) is 0 Å². The lowest BCUT2D eigenvalue weighted by molar-refractivity contribution is -0.175. The summed E-state index contributed by atoms with van der Waals surface area (Å²) in [5, 5.41) is 23.7. The zero-order valence-electron chi connectivity index (χ0n) is 18.0. The van der Waals surface area contributed by atoms with Crippen LogP contribution in [0.5, 0.6) is 0 Å². The van der Waals surface area contributed by atoms with Gasteiger partial charge in [0.25, 0.3) is 0 Å². The third-order valence-corrected chi connectivity index (χ3v) is 6.80. The first-order valence-electron chi connectivity index (χ1n) is 10.1. The van der Waals surface area contributed by atoms with Gasteiger partial charge in [-0.3, -0.25) is 14.4 Å². The van der Waals surface area contributed by atoms with E-state index in [1.54, 1.807) is 26.8 Å². The smallest absolute Gasteiger partial charge is 0.312 e. The van der Waals surface area contributed by atoms with Gasteiger partial charge in [0, 0.05) is 18.9 Å². The van der Waals surface area contributed by atoms with E-state index in [0.717, 1.165) is 0 Å². The van der Waals surface area contributed by atoms with Crippen LogP contribution < -0.4 is 5.32 Å². The van der Waals surface area contributed by atoms with Gasteiger partial charge >= 0.3 is 17.9 Å². The number of aliphatic carboxylic acids is 2. The van der Waals surface area contributed by atoms with Crippen LogP contribution >= 0.6 is 0 Å². The topological polar surface area (TPSA) is 113 Å². The first-order valence-corrected chi connectivity index (χ1v) is 10.1. The number of carbonyl (C=O) groups is 3. The first kappa shape index (κ1) is 23.8. The maximum Gasteiger partial charge on any atom is 0.312 e. The monoisotopic (exact) mass is 423 g/mol. The highest BCUT2D eigenvalue weighted by Crippen LogP contribution is 2.57. The summed E-state index contributed by atoms with van der Waals surface area (Å²) in [6.07, 6.45) is 0.339. The lowest BCUT2D eigenvalue weighted by Crippen LogP contribution is -2.70. The van der Waals surface area contributed by atoms with Crippen molar-refractivity contribution in [2.75, 3.05) is 6.61 Å². The fourth-order valence-electron chi connectivity index (χ4n) is 5.01. The van der Waals surface area contributed by atoms with Crippen molar-refractivity contribution in [3.8, 4) is 0 Å². The minimum absolute atomic E-state index is 0.0567. The largest absolute Gasteiger partial charge is 0.481 e. The lowest BCUT2D eigenvalue weighted by atomic mass is 9.51. The maximum atomic E-state index is 14.7. The van der Waals surface area contributed by atoms with Crippen molar-refractivity contribution in [2.45, 2.75) is 65.5 Å². The van der Waals surface area contributed by atoms with E-state index in [-0.39, 0.29) is 19.4 Å². The number of carbonyl (C=O) groups excluding carboxylic acids is 1. The van der Waals surface area contributed by atoms with Crippen molar-refractivity contribution < 1.29 is 33.7 Å². The van der Waals surface area contributed by atoms with E-state index in [0.29, 0.717) is 11.1 Å². The summed E-state index contributed by atoms with van der Waals surface area (Å²) in [5.41, 5.74) is -2.53. The molecule has 1 aromatic carbocycles. The average molecular weight is 423 g/mol. The number of piperidine rings is 1. The molecule has 166 valence electrons. The molecule has 0 amide bonds. The van der Waals surface area contributed by atoms with Gasteiger partial charge in [0.2, 0.25) is 0 Å². The molecule has 7 nitrogen and oxygen atoms in total. The number of rotatable bonds is 7. The van der Waals surface area contributed by atoms with E-state index in [2.05, 4.69) is 5.32 Å². The van der Waals surface area contributed by atoms with Crippen LogP contribution in [0.15, 0.2) is 18.2 Å². The molecule has 1 fully saturated rings. The fourth-order valence-corrected chi connectivity index (χ4v) is 5.01. The molecule has 8 heteroatoms. The predicted molar refractivity (Wildman–Crippen MR) is 108 cm³/mol. The predicted octanol–water partition coefficient (Wildman–Crippen LogP) is 2.97. The Morgan fingerprint density at radius 1 is 1.20 bits per heavy atom. The highest BCUT2D eigenvalue weighted by Gasteiger charge is 2.66. The molecule has 2 rings (SSSR count). The number of nitrogens with one attached hydrogen (secondary N) is 1. The van der Waals surface area contributed by atoms with E-state index in [1.807, 2.05) is 0 Å². The molecular weight excluding hydrogens is 393 g/mol. The molecule has 1 aliphatic rings. The lowest BCUT2D eigenvalue weighted by Gasteiger charge is -2.56. The Balaban J connectivity index is 2.88. The third-order valence-electron chi connectivity index (χ3n) is 6.80. The minimum Gasteiger partial charge on any atom is -0.481 e. The van der Waals surface area contributed by atoms with E-state index < -0.39 is 52.6 Å². The summed E-state index contributed by atoms with van der Waals surface area (Å²) in [6.45, 7) is 7.55. The van der Waals surface area contributed by atoms with E-state index in [4.69, 9.17) is 4.74 Å². The summed E-state index contributed by atoms with van der Waals surface area (Å²) < 4.78 is 19.8. The van der Waals surface area contributed by atoms with Crippen LogP contribution in [0.1, 0.15) is 58.1 Å². The van der Waals surface area contributed by atoms with Gasteiger partial charge in [-0.1, -0.05) is 26.0 Å². The number of benzene rings is 1. The van der Waals surface area contributed by atoms with Crippen LogP contribution in [-0.2, 0) is 25.5 Å². The minimum atomic E-state index is -1.65. The molecule has 0 aliphatic carbocycles. The van der Waals surface area contributed by atoms with Gasteiger partial charge in [0.05, 0.1) is 16.9 Å². The van der Waals surface area contributed by atoms with Crippen molar-refractivity contribution in [1.29, 1.82) is 0 Å². The Morgan fingerprint density at radius 2 is 1.83 bits per heavy atom. The molecule has 5 unspecified atom stereocenters. The van der Waals surface area contributed by atoms with Crippen LogP contribution in [0.4, 0.5) is 4.39 Å². The molecule has 1 aromatic rings. The van der Waals surface area contributed by atoms with Crippen molar-refractivity contribution in [3.05, 3.63) is 35.1 Å². The van der Waals surface area contributed by atoms with Crippen LogP contribution in [0.25, 0.3) is 0 Å². The van der Waals surface area contributed by atoms with E-state index in [1.165, 1.54) is 26.0 Å². The van der Waals surface area contributed by atoms with E-state index in [9.17, 15) is 29.0 Å². The number of ether oxygens (including phenoxy) is 1. The molecule has 0 bridgehead atoms. The van der Waals surface area contributed by atoms with Gasteiger partial charge < -0.3 is 20.3 Å². The molecule has 0 aromatic heterocycles. The molecule has 1 saturated heterocycles. The number of esters is 1. The van der Waals surface area contributed by atoms with Crippen LogP contribution in [0.2, 0.25) is 0 Å². The normalized spacial score (nSPS) is 31.2. The zero-order valence-corrected chi connectivity index (χ0v) is 18.0. The van der Waals surface area contributed by atoms with Gasteiger partial charge in [0.1, 0.15) is 12.4 Å². The molecule has 1 heterocycles. The number of carboxylic acids is 2. The Bertz CT molecular complexity index is 843. The number of halogens is 1. The molecular formula is C22H30FNO6. The number of hydrogen-bond donors (Lipinski definition) is 3. The highest BCUT2D eigenvalue weighted by atomic mass is 19.1. The molecule has 3 N–H and O–H groups in total. The molecule has 0 radical (unpaired) electrons. The fraction of sp³-hybridized carbons (Fsp3) is 0.591. The summed E-state index contributed by atoms with van der Waals surface area (Å²) in [6, 6.07) is 2.84. The van der Waals surface area contributed by atoms with Gasteiger partial charge in [-0.15, -0.1) is 0 Å². The van der Waals surface area contributed by atoms with E-state index >= 15 is 0 Å². The van der Waals surface area contributed by atoms with Crippen molar-refractivity contribution >= 4 is 17.9 Å². The van der Waals surface area contributed by atoms with Crippen LogP contribution in [0, 0.1) is 16.6 Å². The molecule has 5 atom stereocenters.